The lowest BCUT2D eigenvalue weighted by molar-refractivity contribution is -0.421. The van der Waals surface area contributed by atoms with Crippen LogP contribution >= 0.6 is 0 Å². The summed E-state index contributed by atoms with van der Waals surface area (Å²) >= 11 is 0. The Balaban J connectivity index is 2.07. The minimum Gasteiger partial charge on any atom is -0.271 e. The maximum absolute atomic E-state index is 11.3. The Bertz CT molecular complexity index is 963. The van der Waals surface area contributed by atoms with E-state index in [1.54, 1.807) is 0 Å². The van der Waals surface area contributed by atoms with Crippen molar-refractivity contribution in [3.8, 4) is 0 Å². The average Bonchev–Trinajstić information content (AvgIpc) is 2.69. The third-order valence-electron chi connectivity index (χ3n) is 3.78. The van der Waals surface area contributed by atoms with Gasteiger partial charge in [0.25, 0.3) is 0 Å². The van der Waals surface area contributed by atoms with Crippen molar-refractivity contribution in [2.45, 2.75) is 0 Å². The Hall–Kier alpha value is -4.07. The lowest BCUT2D eigenvalue weighted by Crippen LogP contribution is -2.07. The van der Waals surface area contributed by atoms with Crippen LogP contribution in [0.25, 0.3) is 0 Å². The molecule has 134 valence electrons. The van der Waals surface area contributed by atoms with Crippen LogP contribution in [0.5, 0.6) is 0 Å². The summed E-state index contributed by atoms with van der Waals surface area (Å²) in [5.74, 6) is 0. The standard InChI is InChI=1S/C19H14N4O4/c24-22(25)17-13-7-12-16(19(17)23(26)27)20-21-18(14-8-3-1-4-9-14)15-10-5-2-6-11-15/h1-13,20H. The van der Waals surface area contributed by atoms with Crippen molar-refractivity contribution in [1.29, 1.82) is 0 Å². The van der Waals surface area contributed by atoms with E-state index in [2.05, 4.69) is 10.5 Å². The zero-order valence-electron chi connectivity index (χ0n) is 14.0. The quantitative estimate of drug-likeness (QED) is 0.398. The largest absolute Gasteiger partial charge is 0.370 e. The van der Waals surface area contributed by atoms with Crippen molar-refractivity contribution < 1.29 is 9.85 Å². The van der Waals surface area contributed by atoms with Crippen LogP contribution < -0.4 is 5.43 Å². The maximum atomic E-state index is 11.3. The van der Waals surface area contributed by atoms with E-state index < -0.39 is 21.2 Å². The van der Waals surface area contributed by atoms with Gasteiger partial charge in [0.15, 0.2) is 0 Å². The first kappa shape index (κ1) is 17.7. The van der Waals surface area contributed by atoms with Crippen molar-refractivity contribution in [3.63, 3.8) is 0 Å². The van der Waals surface area contributed by atoms with Gasteiger partial charge in [0, 0.05) is 17.2 Å². The summed E-state index contributed by atoms with van der Waals surface area (Å²) in [5.41, 5.74) is 3.49. The molecule has 8 nitrogen and oxygen atoms in total. The highest BCUT2D eigenvalue weighted by Crippen LogP contribution is 2.34. The fraction of sp³-hybridized carbons (Fsp3) is 0. The van der Waals surface area contributed by atoms with Gasteiger partial charge in [0.1, 0.15) is 5.69 Å². The summed E-state index contributed by atoms with van der Waals surface area (Å²) in [6.45, 7) is 0. The van der Waals surface area contributed by atoms with Crippen LogP contribution in [0, 0.1) is 20.2 Å². The SMILES string of the molecule is O=[N+]([O-])c1cccc(NN=C(c2ccccc2)c2ccccc2)c1[N+](=O)[O-]. The molecule has 0 saturated carbocycles. The van der Waals surface area contributed by atoms with E-state index >= 15 is 0 Å². The molecule has 1 N–H and O–H groups in total. The number of rotatable bonds is 6. The zero-order chi connectivity index (χ0) is 19.2. The lowest BCUT2D eigenvalue weighted by atomic mass is 10.0. The molecule has 0 radical (unpaired) electrons. The minimum absolute atomic E-state index is 0.0569. The van der Waals surface area contributed by atoms with Crippen LogP contribution in [-0.4, -0.2) is 15.6 Å². The molecule has 0 unspecified atom stereocenters. The van der Waals surface area contributed by atoms with Gasteiger partial charge in [0.05, 0.1) is 15.6 Å². The van der Waals surface area contributed by atoms with Crippen molar-refractivity contribution in [2.24, 2.45) is 5.10 Å². The van der Waals surface area contributed by atoms with Crippen LogP contribution in [0.4, 0.5) is 17.1 Å². The van der Waals surface area contributed by atoms with Gasteiger partial charge in [-0.3, -0.25) is 25.7 Å². The molecule has 0 aliphatic carbocycles. The molecule has 3 aromatic carbocycles. The molecule has 0 heterocycles. The van der Waals surface area contributed by atoms with Gasteiger partial charge in [-0.15, -0.1) is 0 Å². The molecular formula is C19H14N4O4. The van der Waals surface area contributed by atoms with Crippen LogP contribution in [0.15, 0.2) is 84.0 Å². The van der Waals surface area contributed by atoms with E-state index in [4.69, 9.17) is 0 Å². The van der Waals surface area contributed by atoms with Crippen LogP contribution in [-0.2, 0) is 0 Å². The topological polar surface area (TPSA) is 111 Å². The van der Waals surface area contributed by atoms with Gasteiger partial charge >= 0.3 is 11.4 Å². The van der Waals surface area contributed by atoms with Crippen LogP contribution in [0.3, 0.4) is 0 Å². The molecule has 0 atom stereocenters. The molecule has 0 aliphatic rings. The van der Waals surface area contributed by atoms with Crippen molar-refractivity contribution in [3.05, 3.63) is 110 Å². The molecule has 8 heteroatoms. The fourth-order valence-electron chi connectivity index (χ4n) is 2.56. The normalized spacial score (nSPS) is 10.1. The van der Waals surface area contributed by atoms with E-state index in [1.807, 2.05) is 60.7 Å². The number of para-hydroxylation sites is 1. The second-order valence-electron chi connectivity index (χ2n) is 5.49. The Morgan fingerprint density at radius 2 is 1.30 bits per heavy atom. The highest BCUT2D eigenvalue weighted by molar-refractivity contribution is 6.13. The predicted molar refractivity (Wildman–Crippen MR) is 102 cm³/mol. The summed E-state index contributed by atoms with van der Waals surface area (Å²) in [4.78, 5) is 20.9. The molecule has 0 aliphatic heterocycles. The summed E-state index contributed by atoms with van der Waals surface area (Å²) < 4.78 is 0. The van der Waals surface area contributed by atoms with E-state index in [0.29, 0.717) is 5.71 Å². The van der Waals surface area contributed by atoms with Gasteiger partial charge in [-0.1, -0.05) is 66.7 Å². The molecule has 3 aromatic rings. The van der Waals surface area contributed by atoms with Gasteiger partial charge in [-0.25, -0.2) is 0 Å². The van der Waals surface area contributed by atoms with Crippen molar-refractivity contribution in [1.82, 2.24) is 0 Å². The first-order valence-corrected chi connectivity index (χ1v) is 7.94. The minimum atomic E-state index is -0.791. The number of nitro groups is 2. The van der Waals surface area contributed by atoms with E-state index in [1.165, 1.54) is 12.1 Å². The zero-order valence-corrected chi connectivity index (χ0v) is 14.0. The molecule has 0 saturated heterocycles. The molecule has 0 fully saturated rings. The first-order chi connectivity index (χ1) is 13.1. The number of hydrogen-bond donors (Lipinski definition) is 1. The van der Waals surface area contributed by atoms with E-state index in [9.17, 15) is 20.2 Å². The number of benzene rings is 3. The molecular weight excluding hydrogens is 348 g/mol. The Morgan fingerprint density at radius 3 is 1.78 bits per heavy atom. The van der Waals surface area contributed by atoms with Crippen molar-refractivity contribution in [2.75, 3.05) is 5.43 Å². The summed E-state index contributed by atoms with van der Waals surface area (Å²) in [7, 11) is 0. The number of anilines is 1. The van der Waals surface area contributed by atoms with E-state index in [-0.39, 0.29) is 5.69 Å². The molecule has 0 spiro atoms. The average molecular weight is 362 g/mol. The Morgan fingerprint density at radius 1 is 0.741 bits per heavy atom. The van der Waals surface area contributed by atoms with E-state index in [0.717, 1.165) is 17.2 Å². The smallest absolute Gasteiger partial charge is 0.271 e. The molecule has 27 heavy (non-hydrogen) atoms. The van der Waals surface area contributed by atoms with Gasteiger partial charge in [-0.2, -0.15) is 5.10 Å². The van der Waals surface area contributed by atoms with Gasteiger partial charge in [-0.05, 0) is 6.07 Å². The van der Waals surface area contributed by atoms with Crippen LogP contribution in [0.1, 0.15) is 11.1 Å². The number of nitrogens with one attached hydrogen (secondary N) is 1. The summed E-state index contributed by atoms with van der Waals surface area (Å²) in [5, 5.41) is 26.8. The molecule has 0 amide bonds. The Labute approximate surface area is 154 Å². The predicted octanol–water partition coefficient (Wildman–Crippen LogP) is 4.37. The summed E-state index contributed by atoms with van der Waals surface area (Å²) in [6.07, 6.45) is 0. The van der Waals surface area contributed by atoms with Crippen LogP contribution in [0.2, 0.25) is 0 Å². The second kappa shape index (κ2) is 7.87. The highest BCUT2D eigenvalue weighted by Gasteiger charge is 2.28. The third kappa shape index (κ3) is 3.96. The number of nitro benzene ring substituents is 2. The number of nitrogens with zero attached hydrogens (tertiary/aromatic N) is 3. The van der Waals surface area contributed by atoms with Gasteiger partial charge < -0.3 is 0 Å². The highest BCUT2D eigenvalue weighted by atomic mass is 16.6. The number of hydrogen-bond acceptors (Lipinski definition) is 6. The lowest BCUT2D eigenvalue weighted by Gasteiger charge is -2.09. The van der Waals surface area contributed by atoms with Crippen molar-refractivity contribution >= 4 is 22.8 Å². The van der Waals surface area contributed by atoms with Gasteiger partial charge in [0.2, 0.25) is 0 Å². The fourth-order valence-corrected chi connectivity index (χ4v) is 2.56. The monoisotopic (exact) mass is 362 g/mol. The third-order valence-corrected chi connectivity index (χ3v) is 3.78. The first-order valence-electron chi connectivity index (χ1n) is 7.94. The Kier molecular flexibility index (Phi) is 5.17. The summed E-state index contributed by atoms with van der Waals surface area (Å²) in [6, 6.07) is 22.4. The maximum Gasteiger partial charge on any atom is 0.370 e. The molecule has 0 aromatic heterocycles. The second-order valence-corrected chi connectivity index (χ2v) is 5.49. The number of hydrazone groups is 1. The molecule has 3 rings (SSSR count). The molecule has 0 bridgehead atoms.